The number of hydrogen-bond acceptors (Lipinski definition) is 32. The van der Waals surface area contributed by atoms with Crippen molar-refractivity contribution < 1.29 is 104 Å². The Morgan fingerprint density at radius 2 is 0.781 bits per heavy atom. The summed E-state index contributed by atoms with van der Waals surface area (Å²) >= 11 is 16.9. The van der Waals surface area contributed by atoms with Gasteiger partial charge in [0, 0.05) is 75.5 Å². The summed E-state index contributed by atoms with van der Waals surface area (Å²) in [7, 11) is 5.62. The smallest absolute Gasteiger partial charge is 0.351 e. The highest BCUT2D eigenvalue weighted by molar-refractivity contribution is 8.07. The van der Waals surface area contributed by atoms with Crippen LogP contribution in [0.4, 0.5) is 11.6 Å². The molecule has 4 aliphatic rings. The minimum Gasteiger partial charge on any atom is -0.387 e. The Labute approximate surface area is 561 Å². The van der Waals surface area contributed by atoms with E-state index in [4.69, 9.17) is 131 Å². The first-order chi connectivity index (χ1) is 45.4. The number of aromatic nitrogens is 8. The monoisotopic (exact) mass is 1480 g/mol. The van der Waals surface area contributed by atoms with Crippen LogP contribution in [0.15, 0.2) is 53.6 Å². The summed E-state index contributed by atoms with van der Waals surface area (Å²) < 4.78 is 111. The first-order valence-electron chi connectivity index (χ1n) is 29.5. The van der Waals surface area contributed by atoms with Crippen molar-refractivity contribution in [2.75, 3.05) is 113 Å². The molecule has 4 aliphatic heterocycles. The van der Waals surface area contributed by atoms with Gasteiger partial charge in [0.25, 0.3) is 11.1 Å². The first kappa shape index (κ1) is 77.5. The van der Waals surface area contributed by atoms with Crippen LogP contribution in [0.1, 0.15) is 54.1 Å². The zero-order valence-electron chi connectivity index (χ0n) is 53.3. The van der Waals surface area contributed by atoms with Crippen molar-refractivity contribution in [1.82, 2.24) is 38.2 Å². The molecule has 8 heterocycles. The lowest BCUT2D eigenvalue weighted by atomic mass is 10.1. The lowest BCUT2D eigenvalue weighted by Crippen LogP contribution is -2.42. The number of methoxy groups -OCH3 is 4. The number of aliphatic hydroxyl groups is 1. The number of anilines is 2. The molecule has 96 heavy (non-hydrogen) atoms. The van der Waals surface area contributed by atoms with Crippen LogP contribution < -0.4 is 45.3 Å². The molecule has 0 aromatic carbocycles. The van der Waals surface area contributed by atoms with Crippen molar-refractivity contribution >= 4 is 67.2 Å². The number of aromatic amines is 2. The molecule has 38 nitrogen and oxygen atoms in total. The van der Waals surface area contributed by atoms with Crippen molar-refractivity contribution in [3.05, 3.63) is 110 Å². The molecule has 4 aromatic heterocycles. The van der Waals surface area contributed by atoms with Crippen LogP contribution in [0.2, 0.25) is 0 Å². The minimum absolute atomic E-state index is 0.0131. The van der Waals surface area contributed by atoms with Gasteiger partial charge in [0.05, 0.1) is 78.8 Å². The number of aliphatic hydroxyl groups excluding tert-OH is 1. The quantitative estimate of drug-likeness (QED) is 0.0182. The summed E-state index contributed by atoms with van der Waals surface area (Å²) in [6, 6.07) is 0. The maximum absolute atomic E-state index is 13.7. The number of hydrogen-bond donors (Lipinski definition) is 8. The Morgan fingerprint density at radius 1 is 0.469 bits per heavy atom. The highest BCUT2D eigenvalue weighted by Crippen LogP contribution is 2.55. The van der Waals surface area contributed by atoms with E-state index in [1.165, 1.54) is 67.1 Å². The fourth-order valence-electron chi connectivity index (χ4n) is 10.6. The molecule has 538 valence electrons. The molecule has 4 fully saturated rings. The predicted molar refractivity (Wildman–Crippen MR) is 343 cm³/mol. The Kier molecular flexibility index (Phi) is 27.4. The van der Waals surface area contributed by atoms with Crippen LogP contribution in [-0.2, 0) is 119 Å². The number of H-pyrrole nitrogens is 2. The summed E-state index contributed by atoms with van der Waals surface area (Å²) in [4.78, 5) is 127. The van der Waals surface area contributed by atoms with Crippen molar-refractivity contribution in [3.63, 3.8) is 0 Å². The highest BCUT2D eigenvalue weighted by atomic mass is 32.5. The number of ether oxygens (including phenoxy) is 12. The number of nitrogens with zero attached hydrogens (tertiary/aromatic N) is 6. The van der Waals surface area contributed by atoms with Gasteiger partial charge in [0.15, 0.2) is 24.9 Å². The molecule has 4 saturated heterocycles. The number of nitrogens with one attached hydrogen (secondary N) is 2. The first-order valence-corrected chi connectivity index (χ1v) is 37.2. The topological polar surface area (TPSA) is 479 Å². The Morgan fingerprint density at radius 3 is 1.18 bits per heavy atom. The molecule has 0 saturated carbocycles. The Hall–Kier alpha value is -4.21. The molecule has 10 N–H and O–H groups in total. The molecular weight excluding hydrogens is 1400 g/mol. The minimum atomic E-state index is -4.81. The molecule has 7 unspecified atom stereocenters. The zero-order valence-corrected chi connectivity index (χ0v) is 58.4. The van der Waals surface area contributed by atoms with Crippen molar-refractivity contribution in [1.29, 1.82) is 0 Å². The van der Waals surface area contributed by atoms with E-state index in [2.05, 4.69) is 19.9 Å². The van der Waals surface area contributed by atoms with Crippen LogP contribution in [-0.4, -0.2) is 232 Å². The van der Waals surface area contributed by atoms with Crippen molar-refractivity contribution in [2.45, 2.75) is 133 Å². The van der Waals surface area contributed by atoms with Crippen LogP contribution in [0.3, 0.4) is 0 Å². The van der Waals surface area contributed by atoms with Gasteiger partial charge in [0.1, 0.15) is 78.8 Å². The third-order valence-corrected chi connectivity index (χ3v) is 20.1. The third kappa shape index (κ3) is 19.0. The molecule has 0 aliphatic carbocycles. The second kappa shape index (κ2) is 34.0. The van der Waals surface area contributed by atoms with Crippen molar-refractivity contribution in [3.8, 4) is 0 Å². The average Bonchev–Trinajstić information content (AvgIpc) is 1.63. The standard InChI is InChI=1S/C52H79N10O28P3S3/c1-25-18-59(49(66)55-41(25)53)46-38(78-15-11-74-7)34(29(5)84-46)88-91(70,94)82-23-31-35(39(79-16-12-75-8)47(86-31)60-19-26(2)42(54)56-50(60)67)90-93(72,96)83-24-32-36(40(80-17-13-76-9)48(87-32)62-21-28(4)44(65)58-52(62)69)89-92(71,95)81-22-30-33(63)37(77-14-10-73-6)45(85-30)61-20-27(3)43(64)57-51(61)68/h18-21,29-40,45-48,63H,10-17,22-24H2,1-9H3,(H,70,94)(H,71,95)(H,72,96)(H2,53,55,66)(H2,54,56,67)(H,57,64,68)(H,58,65,69)/t29-,30-,31-,32-,33-,34-,35-,36-,37?,38?,39?,40?,45-,46-,47-,48-,91?,92?,93?/m1/s1. The second-order valence-electron chi connectivity index (χ2n) is 22.2. The molecule has 44 heteroatoms. The molecule has 0 amide bonds. The SMILES string of the molecule is COCCOC1[C@H](n2cc(C)c(=O)[nH]c2=O)O[C@H](COP(O)(=S)O[C@H]2C(OCCOC)[C@H](n3cc(C)c(=O)[nH]c3=O)O[C@@H]2COP(O)(=S)O[C@H]2C(OCCOC)[C@H](n3cc(C)c(N)nc3=O)O[C@@H]2COP(O)(=S)O[C@H]2C(OCCOC)[C@H](n3cc(C)c(N)nc3=O)O[C@@H]2C)[C@H]1O. The van der Waals surface area contributed by atoms with Gasteiger partial charge in [-0.15, -0.1) is 0 Å². The fraction of sp³-hybridized carbons (Fsp3) is 0.692. The maximum Gasteiger partial charge on any atom is 0.351 e. The van der Waals surface area contributed by atoms with Crippen LogP contribution in [0.25, 0.3) is 0 Å². The van der Waals surface area contributed by atoms with E-state index in [1.54, 1.807) is 20.8 Å². The number of rotatable bonds is 35. The summed E-state index contributed by atoms with van der Waals surface area (Å²) in [5.41, 5.74) is 7.86. The van der Waals surface area contributed by atoms with Gasteiger partial charge in [-0.05, 0) is 70.0 Å². The molecular formula is C52H79N10O28P3S3. The fourth-order valence-corrected chi connectivity index (χ4v) is 14.9. The maximum atomic E-state index is 13.7. The second-order valence-corrected chi connectivity index (χ2v) is 30.6. The normalized spacial score (nSPS) is 29.4. The van der Waals surface area contributed by atoms with Crippen LogP contribution in [0.5, 0.6) is 0 Å². The van der Waals surface area contributed by atoms with Gasteiger partial charge in [0.2, 0.25) is 0 Å². The molecule has 0 spiro atoms. The van der Waals surface area contributed by atoms with Gasteiger partial charge in [-0.1, -0.05) is 0 Å². The predicted octanol–water partition coefficient (Wildman–Crippen LogP) is -2.05. The van der Waals surface area contributed by atoms with E-state index in [0.717, 1.165) is 18.3 Å². The third-order valence-electron chi connectivity index (χ3n) is 15.4. The largest absolute Gasteiger partial charge is 0.387 e. The molecule has 8 rings (SSSR count). The lowest BCUT2D eigenvalue weighted by molar-refractivity contribution is -0.0840. The van der Waals surface area contributed by atoms with Gasteiger partial charge in [-0.2, -0.15) is 9.97 Å². The van der Waals surface area contributed by atoms with E-state index >= 15 is 0 Å². The lowest BCUT2D eigenvalue weighted by Gasteiger charge is -2.31. The Bertz CT molecular complexity index is 3850. The van der Waals surface area contributed by atoms with E-state index in [9.17, 15) is 48.6 Å². The van der Waals surface area contributed by atoms with E-state index < -0.39 is 172 Å². The summed E-state index contributed by atoms with van der Waals surface area (Å²) in [6.45, 7) is -9.27. The molecule has 19 atom stereocenters. The van der Waals surface area contributed by atoms with Crippen LogP contribution in [0, 0.1) is 27.7 Å². The number of nitrogens with two attached hydrogens (primary N) is 2. The van der Waals surface area contributed by atoms with E-state index in [1.807, 2.05) is 0 Å². The summed E-state index contributed by atoms with van der Waals surface area (Å²) in [5.74, 6) is -0.124. The summed E-state index contributed by atoms with van der Waals surface area (Å²) in [6.07, 6.45) is -17.6. The highest BCUT2D eigenvalue weighted by Gasteiger charge is 2.55. The van der Waals surface area contributed by atoms with Crippen LogP contribution >= 0.6 is 20.2 Å². The molecule has 4 aromatic rings. The van der Waals surface area contributed by atoms with Crippen molar-refractivity contribution in [2.24, 2.45) is 0 Å². The number of nitrogen functional groups attached to an aromatic ring is 2. The van der Waals surface area contributed by atoms with E-state index in [0.29, 0.717) is 11.1 Å². The Balaban J connectivity index is 1.09. The average molecular weight is 1480 g/mol. The molecule has 0 bridgehead atoms. The number of aryl methyl sites for hydroxylation is 4. The summed E-state index contributed by atoms with van der Waals surface area (Å²) in [5, 5.41) is 11.6. The van der Waals surface area contributed by atoms with Gasteiger partial charge in [-0.25, -0.2) is 19.2 Å². The molecule has 0 radical (unpaired) electrons. The van der Waals surface area contributed by atoms with Gasteiger partial charge in [-0.3, -0.25) is 51.4 Å². The van der Waals surface area contributed by atoms with Gasteiger partial charge >= 0.3 is 42.9 Å². The van der Waals surface area contributed by atoms with Gasteiger partial charge < -0.3 is 102 Å². The van der Waals surface area contributed by atoms with E-state index in [-0.39, 0.29) is 75.6 Å². The zero-order chi connectivity index (χ0) is 70.1.